The minimum absolute atomic E-state index is 0.193. The van der Waals surface area contributed by atoms with Crippen molar-refractivity contribution in [2.75, 3.05) is 5.32 Å². The van der Waals surface area contributed by atoms with E-state index in [4.69, 9.17) is 27.6 Å². The van der Waals surface area contributed by atoms with Crippen molar-refractivity contribution in [2.45, 2.75) is 0 Å². The van der Waals surface area contributed by atoms with Crippen LogP contribution in [0, 0.1) is 11.3 Å². The van der Waals surface area contributed by atoms with Crippen LogP contribution in [0.25, 0.3) is 28.7 Å². The molecule has 38 heavy (non-hydrogen) atoms. The predicted octanol–water partition coefficient (Wildman–Crippen LogP) is 5.61. The van der Waals surface area contributed by atoms with Crippen LogP contribution in [0.5, 0.6) is 0 Å². The molecule has 0 bridgehead atoms. The van der Waals surface area contributed by atoms with Gasteiger partial charge in [-0.3, -0.25) is 14.2 Å². The Morgan fingerprint density at radius 3 is 2.42 bits per heavy atom. The van der Waals surface area contributed by atoms with Gasteiger partial charge in [0.2, 0.25) is 0 Å². The minimum Gasteiger partial charge on any atom is -0.457 e. The van der Waals surface area contributed by atoms with E-state index in [1.54, 1.807) is 78.9 Å². The molecule has 5 aromatic rings. The third kappa shape index (κ3) is 5.34. The molecule has 0 unspecified atom stereocenters. The summed E-state index contributed by atoms with van der Waals surface area (Å²) in [4.78, 5) is 26.7. The lowest BCUT2D eigenvalue weighted by Gasteiger charge is -2.06. The standard InChI is InChI=1S/C29H17Cl2N3O3S/c30-19-11-9-18(10-12-19)25-14-13-23(37-25)16-26-28(36)34(22-7-2-1-3-8-22)29(38-26)24(17-32)27(35)33-21-6-4-5-20(31)15-21/h1-16H,(H,33,35)/b26-16+,29-24-. The number of furan rings is 1. The number of nitrogens with zero attached hydrogens (tertiary/aromatic N) is 2. The van der Waals surface area contributed by atoms with Gasteiger partial charge in [0.15, 0.2) is 5.57 Å². The van der Waals surface area contributed by atoms with Gasteiger partial charge in [-0.05, 0) is 66.7 Å². The zero-order valence-corrected chi connectivity index (χ0v) is 21.8. The van der Waals surface area contributed by atoms with E-state index < -0.39 is 5.91 Å². The summed E-state index contributed by atoms with van der Waals surface area (Å²) in [5.41, 5.74) is 1.19. The van der Waals surface area contributed by atoms with Crippen LogP contribution in [0.2, 0.25) is 10.0 Å². The molecule has 2 heterocycles. The van der Waals surface area contributed by atoms with Crippen molar-refractivity contribution < 1.29 is 9.21 Å². The zero-order chi connectivity index (χ0) is 26.6. The second kappa shape index (κ2) is 11.0. The highest BCUT2D eigenvalue weighted by molar-refractivity contribution is 7.07. The first kappa shape index (κ1) is 25.3. The smallest absolute Gasteiger partial charge is 0.273 e. The molecule has 0 spiro atoms. The maximum absolute atomic E-state index is 13.6. The quantitative estimate of drug-likeness (QED) is 0.304. The van der Waals surface area contributed by atoms with E-state index in [0.717, 1.165) is 16.9 Å². The summed E-state index contributed by atoms with van der Waals surface area (Å²) >= 11 is 13.0. The van der Waals surface area contributed by atoms with Crippen molar-refractivity contribution in [3.63, 3.8) is 0 Å². The molecule has 0 saturated carbocycles. The van der Waals surface area contributed by atoms with Crippen molar-refractivity contribution in [3.8, 4) is 23.1 Å². The highest BCUT2D eigenvalue weighted by atomic mass is 35.5. The zero-order valence-electron chi connectivity index (χ0n) is 19.5. The Morgan fingerprint density at radius 1 is 0.947 bits per heavy atom. The number of amides is 1. The highest BCUT2D eigenvalue weighted by Gasteiger charge is 2.17. The number of benzene rings is 3. The Kier molecular flexibility index (Phi) is 7.29. The molecule has 0 atom stereocenters. The number of thiazole rings is 1. The molecule has 0 saturated heterocycles. The van der Waals surface area contributed by atoms with E-state index in [1.165, 1.54) is 4.57 Å². The van der Waals surface area contributed by atoms with Crippen LogP contribution in [0.1, 0.15) is 5.76 Å². The topological polar surface area (TPSA) is 88.0 Å². The predicted molar refractivity (Wildman–Crippen MR) is 151 cm³/mol. The minimum atomic E-state index is -0.657. The van der Waals surface area contributed by atoms with Gasteiger partial charge in [-0.1, -0.05) is 47.5 Å². The molecule has 0 fully saturated rings. The fraction of sp³-hybridized carbons (Fsp3) is 0. The molecule has 0 aliphatic heterocycles. The Bertz CT molecular complexity index is 1870. The van der Waals surface area contributed by atoms with Crippen molar-refractivity contribution in [1.29, 1.82) is 5.26 Å². The molecule has 0 aliphatic carbocycles. The third-order valence-corrected chi connectivity index (χ3v) is 7.08. The van der Waals surface area contributed by atoms with Gasteiger partial charge in [0.1, 0.15) is 22.3 Å². The number of hydrogen-bond acceptors (Lipinski definition) is 5. The van der Waals surface area contributed by atoms with Crippen LogP contribution in [0.3, 0.4) is 0 Å². The van der Waals surface area contributed by atoms with Gasteiger partial charge < -0.3 is 9.73 Å². The normalized spacial score (nSPS) is 12.2. The largest absolute Gasteiger partial charge is 0.457 e. The number of aromatic nitrogens is 1. The lowest BCUT2D eigenvalue weighted by Crippen LogP contribution is -2.32. The Morgan fingerprint density at radius 2 is 1.71 bits per heavy atom. The number of nitriles is 1. The second-order valence-electron chi connectivity index (χ2n) is 8.05. The monoisotopic (exact) mass is 557 g/mol. The summed E-state index contributed by atoms with van der Waals surface area (Å²) in [6.07, 6.45) is 1.60. The molecule has 3 aromatic carbocycles. The summed E-state index contributed by atoms with van der Waals surface area (Å²) in [5.74, 6) is 0.399. The van der Waals surface area contributed by atoms with E-state index in [2.05, 4.69) is 5.32 Å². The summed E-state index contributed by atoms with van der Waals surface area (Å²) in [5, 5.41) is 13.7. The number of anilines is 1. The number of rotatable bonds is 5. The maximum Gasteiger partial charge on any atom is 0.273 e. The Balaban J connectivity index is 1.65. The van der Waals surface area contributed by atoms with E-state index >= 15 is 0 Å². The van der Waals surface area contributed by atoms with Crippen molar-refractivity contribution in [3.05, 3.63) is 126 Å². The molecular formula is C29H17Cl2N3O3S. The number of nitrogens with one attached hydrogen (secondary N) is 1. The van der Waals surface area contributed by atoms with Gasteiger partial charge in [-0.15, -0.1) is 11.3 Å². The van der Waals surface area contributed by atoms with Gasteiger partial charge in [0.05, 0.1) is 10.2 Å². The number of carbonyl (C=O) groups excluding carboxylic acids is 1. The first-order chi connectivity index (χ1) is 18.4. The molecule has 2 aromatic heterocycles. The molecule has 186 valence electrons. The summed E-state index contributed by atoms with van der Waals surface area (Å²) < 4.78 is 7.79. The molecular weight excluding hydrogens is 541 g/mol. The Hall–Kier alpha value is -4.35. The van der Waals surface area contributed by atoms with Crippen LogP contribution >= 0.6 is 34.5 Å². The maximum atomic E-state index is 13.6. The van der Waals surface area contributed by atoms with Crippen LogP contribution in [-0.4, -0.2) is 10.5 Å². The summed E-state index contributed by atoms with van der Waals surface area (Å²) in [6.45, 7) is 0. The molecule has 0 radical (unpaired) electrons. The fourth-order valence-electron chi connectivity index (χ4n) is 3.75. The van der Waals surface area contributed by atoms with Gasteiger partial charge >= 0.3 is 0 Å². The molecule has 0 aliphatic rings. The number of carbonyl (C=O) groups is 1. The number of para-hydroxylation sites is 1. The number of halogens is 2. The lowest BCUT2D eigenvalue weighted by molar-refractivity contribution is -0.111. The summed E-state index contributed by atoms with van der Waals surface area (Å²) in [6, 6.07) is 28.1. The van der Waals surface area contributed by atoms with E-state index in [0.29, 0.717) is 37.5 Å². The Labute approximate surface area is 230 Å². The second-order valence-corrected chi connectivity index (χ2v) is 9.96. The first-order valence-electron chi connectivity index (χ1n) is 11.3. The molecule has 6 nitrogen and oxygen atoms in total. The number of hydrogen-bond donors (Lipinski definition) is 1. The van der Waals surface area contributed by atoms with Gasteiger partial charge in [0.25, 0.3) is 11.5 Å². The molecule has 1 amide bonds. The van der Waals surface area contributed by atoms with Gasteiger partial charge in [0, 0.05) is 27.4 Å². The highest BCUT2D eigenvalue weighted by Crippen LogP contribution is 2.24. The first-order valence-corrected chi connectivity index (χ1v) is 12.9. The van der Waals surface area contributed by atoms with E-state index in [1.807, 2.05) is 24.3 Å². The van der Waals surface area contributed by atoms with Gasteiger partial charge in [-0.25, -0.2) is 0 Å². The van der Waals surface area contributed by atoms with Crippen LogP contribution < -0.4 is 20.1 Å². The SMILES string of the molecule is N#C/C(C(=O)Nc1cccc(Cl)c1)=c1/s/c(=C/c2ccc(-c3ccc(Cl)cc3)o2)c(=O)n1-c1ccccc1. The van der Waals surface area contributed by atoms with E-state index in [9.17, 15) is 14.9 Å². The molecule has 9 heteroatoms. The third-order valence-electron chi connectivity index (χ3n) is 5.50. The molecule has 1 N–H and O–H groups in total. The fourth-order valence-corrected chi connectivity index (χ4v) is 5.14. The van der Waals surface area contributed by atoms with Crippen molar-refractivity contribution >= 4 is 57.8 Å². The van der Waals surface area contributed by atoms with Crippen LogP contribution in [-0.2, 0) is 4.79 Å². The van der Waals surface area contributed by atoms with Crippen LogP contribution in [0.4, 0.5) is 5.69 Å². The molecule has 5 rings (SSSR count). The van der Waals surface area contributed by atoms with Gasteiger partial charge in [-0.2, -0.15) is 5.26 Å². The average Bonchev–Trinajstić information content (AvgIpc) is 3.50. The average molecular weight is 558 g/mol. The van der Waals surface area contributed by atoms with Crippen molar-refractivity contribution in [2.24, 2.45) is 0 Å². The van der Waals surface area contributed by atoms with Crippen molar-refractivity contribution in [1.82, 2.24) is 4.57 Å². The van der Waals surface area contributed by atoms with Crippen LogP contribution in [0.15, 0.2) is 100 Å². The summed E-state index contributed by atoms with van der Waals surface area (Å²) in [7, 11) is 0. The van der Waals surface area contributed by atoms with E-state index in [-0.39, 0.29) is 15.8 Å². The lowest BCUT2D eigenvalue weighted by atomic mass is 10.2.